The average molecular weight is 333 g/mol. The van der Waals surface area contributed by atoms with E-state index in [1.165, 1.54) is 0 Å². The van der Waals surface area contributed by atoms with Crippen molar-refractivity contribution in [2.24, 2.45) is 0 Å². The predicted octanol–water partition coefficient (Wildman–Crippen LogP) is 1.43. The lowest BCUT2D eigenvalue weighted by atomic mass is 10.1. The molecule has 23 heavy (non-hydrogen) atoms. The molecule has 0 aromatic heterocycles. The molecule has 1 aromatic rings. The van der Waals surface area contributed by atoms with Crippen LogP contribution in [-0.4, -0.2) is 59.5 Å². The Balaban J connectivity index is 1.73. The van der Waals surface area contributed by atoms with Crippen LogP contribution in [0.4, 0.5) is 5.69 Å². The van der Waals surface area contributed by atoms with Gasteiger partial charge in [0.25, 0.3) is 5.91 Å². The molecule has 0 unspecified atom stereocenters. The molecule has 1 saturated heterocycles. The molecule has 0 aliphatic carbocycles. The highest BCUT2D eigenvalue weighted by Gasteiger charge is 2.24. The highest BCUT2D eigenvalue weighted by Crippen LogP contribution is 2.31. The molecular formula is C16H19N3O3S. The Morgan fingerprint density at radius 1 is 1.13 bits per heavy atom. The Bertz CT molecular complexity index is 654. The summed E-state index contributed by atoms with van der Waals surface area (Å²) in [5, 5.41) is 2.86. The molecule has 122 valence electrons. The van der Waals surface area contributed by atoms with Gasteiger partial charge >= 0.3 is 0 Å². The Hall–Kier alpha value is -2.02. The average Bonchev–Trinajstić information content (AvgIpc) is 2.74. The van der Waals surface area contributed by atoms with Crippen molar-refractivity contribution < 1.29 is 14.4 Å². The van der Waals surface area contributed by atoms with E-state index >= 15 is 0 Å². The lowest BCUT2D eigenvalue weighted by molar-refractivity contribution is -0.130. The first-order chi connectivity index (χ1) is 11.0. The van der Waals surface area contributed by atoms with Gasteiger partial charge in [-0.2, -0.15) is 0 Å². The Labute approximate surface area is 139 Å². The number of nitrogens with zero attached hydrogens (tertiary/aromatic N) is 2. The quantitative estimate of drug-likeness (QED) is 0.844. The van der Waals surface area contributed by atoms with Crippen molar-refractivity contribution in [1.29, 1.82) is 0 Å². The van der Waals surface area contributed by atoms with E-state index in [4.69, 9.17) is 0 Å². The Morgan fingerprint density at radius 3 is 2.52 bits per heavy atom. The second-order valence-corrected chi connectivity index (χ2v) is 6.79. The normalized spacial score (nSPS) is 18.0. The van der Waals surface area contributed by atoms with E-state index in [-0.39, 0.29) is 17.7 Å². The highest BCUT2D eigenvalue weighted by atomic mass is 32.2. The molecule has 3 rings (SSSR count). The van der Waals surface area contributed by atoms with E-state index in [0.29, 0.717) is 43.9 Å². The smallest absolute Gasteiger partial charge is 0.254 e. The van der Waals surface area contributed by atoms with Gasteiger partial charge in [0.2, 0.25) is 11.8 Å². The summed E-state index contributed by atoms with van der Waals surface area (Å²) in [6, 6.07) is 5.46. The molecule has 0 atom stereocenters. The topological polar surface area (TPSA) is 69.7 Å². The minimum absolute atomic E-state index is 0.0177. The van der Waals surface area contributed by atoms with Gasteiger partial charge in [0.1, 0.15) is 0 Å². The van der Waals surface area contributed by atoms with Gasteiger partial charge in [0, 0.05) is 55.7 Å². The fraction of sp³-hybridized carbons (Fsp3) is 0.438. The van der Waals surface area contributed by atoms with E-state index in [1.807, 2.05) is 12.1 Å². The van der Waals surface area contributed by atoms with Gasteiger partial charge in [0.05, 0.1) is 5.69 Å². The lowest BCUT2D eigenvalue weighted by Crippen LogP contribution is -2.50. The fourth-order valence-corrected chi connectivity index (χ4v) is 3.70. The molecule has 7 heteroatoms. The molecule has 3 amide bonds. The number of fused-ring (bicyclic) bond motifs is 1. The van der Waals surface area contributed by atoms with Crippen LogP contribution in [0.5, 0.6) is 0 Å². The van der Waals surface area contributed by atoms with Crippen LogP contribution in [0.15, 0.2) is 23.1 Å². The zero-order valence-electron chi connectivity index (χ0n) is 13.0. The molecule has 1 fully saturated rings. The molecule has 2 aliphatic rings. The first-order valence-electron chi connectivity index (χ1n) is 7.66. The third-order valence-electron chi connectivity index (χ3n) is 4.10. The van der Waals surface area contributed by atoms with Crippen molar-refractivity contribution in [3.05, 3.63) is 23.8 Å². The van der Waals surface area contributed by atoms with Gasteiger partial charge in [0.15, 0.2) is 0 Å². The van der Waals surface area contributed by atoms with Gasteiger partial charge in [-0.3, -0.25) is 14.4 Å². The summed E-state index contributed by atoms with van der Waals surface area (Å²) < 4.78 is 0. The predicted molar refractivity (Wildman–Crippen MR) is 88.6 cm³/mol. The summed E-state index contributed by atoms with van der Waals surface area (Å²) in [4.78, 5) is 40.2. The van der Waals surface area contributed by atoms with E-state index < -0.39 is 0 Å². The number of benzene rings is 1. The highest BCUT2D eigenvalue weighted by molar-refractivity contribution is 7.99. The van der Waals surface area contributed by atoms with Crippen LogP contribution in [0.1, 0.15) is 23.7 Å². The van der Waals surface area contributed by atoms with Crippen molar-refractivity contribution in [2.45, 2.75) is 18.2 Å². The zero-order valence-corrected chi connectivity index (χ0v) is 13.8. The molecular weight excluding hydrogens is 314 g/mol. The molecule has 1 N–H and O–H groups in total. The first kappa shape index (κ1) is 15.9. The number of rotatable bonds is 1. The summed E-state index contributed by atoms with van der Waals surface area (Å²) in [5.74, 6) is 0.719. The Kier molecular flexibility index (Phi) is 4.56. The van der Waals surface area contributed by atoms with Crippen LogP contribution in [0, 0.1) is 0 Å². The second-order valence-electron chi connectivity index (χ2n) is 5.66. The molecule has 0 radical (unpaired) electrons. The molecule has 6 nitrogen and oxygen atoms in total. The third-order valence-corrected chi connectivity index (χ3v) is 5.17. The van der Waals surface area contributed by atoms with Gasteiger partial charge in [-0.15, -0.1) is 11.8 Å². The number of thioether (sulfide) groups is 1. The minimum atomic E-state index is -0.0560. The maximum atomic E-state index is 12.6. The van der Waals surface area contributed by atoms with Crippen LogP contribution in [-0.2, 0) is 9.59 Å². The summed E-state index contributed by atoms with van der Waals surface area (Å²) >= 11 is 1.62. The van der Waals surface area contributed by atoms with Crippen molar-refractivity contribution in [3.63, 3.8) is 0 Å². The van der Waals surface area contributed by atoms with Crippen molar-refractivity contribution >= 4 is 35.2 Å². The van der Waals surface area contributed by atoms with Crippen LogP contribution < -0.4 is 5.32 Å². The summed E-state index contributed by atoms with van der Waals surface area (Å²) in [6.07, 6.45) is 0.482. The molecule has 0 saturated carbocycles. The molecule has 0 spiro atoms. The van der Waals surface area contributed by atoms with Crippen LogP contribution in [0.3, 0.4) is 0 Å². The fourth-order valence-electron chi connectivity index (χ4n) is 2.76. The van der Waals surface area contributed by atoms with Crippen LogP contribution >= 0.6 is 11.8 Å². The van der Waals surface area contributed by atoms with Crippen LogP contribution in [0.2, 0.25) is 0 Å². The van der Waals surface area contributed by atoms with Gasteiger partial charge in [-0.1, -0.05) is 0 Å². The van der Waals surface area contributed by atoms with E-state index in [1.54, 1.807) is 34.6 Å². The minimum Gasteiger partial charge on any atom is -0.339 e. The number of hydrogen-bond acceptors (Lipinski definition) is 4. The Morgan fingerprint density at radius 2 is 1.83 bits per heavy atom. The molecule has 0 bridgehead atoms. The summed E-state index contributed by atoms with van der Waals surface area (Å²) in [6.45, 7) is 3.76. The molecule has 1 aromatic carbocycles. The standard InChI is InChI=1S/C16H19N3O3S/c1-11(20)18-5-7-19(8-6-18)16(22)12-2-3-14-13(10-12)17-15(21)4-9-23-14/h2-3,10H,4-9H2,1H3,(H,17,21). The number of anilines is 1. The second kappa shape index (κ2) is 6.62. The number of carbonyl (C=O) groups is 3. The first-order valence-corrected chi connectivity index (χ1v) is 8.64. The number of nitrogens with one attached hydrogen (secondary N) is 1. The number of amides is 3. The third kappa shape index (κ3) is 3.50. The number of carbonyl (C=O) groups excluding carboxylic acids is 3. The van der Waals surface area contributed by atoms with Crippen molar-refractivity contribution in [3.8, 4) is 0 Å². The number of piperazine rings is 1. The largest absolute Gasteiger partial charge is 0.339 e. The maximum Gasteiger partial charge on any atom is 0.254 e. The summed E-state index contributed by atoms with van der Waals surface area (Å²) in [7, 11) is 0. The van der Waals surface area contributed by atoms with Gasteiger partial charge in [-0.05, 0) is 18.2 Å². The zero-order chi connectivity index (χ0) is 16.4. The van der Waals surface area contributed by atoms with Gasteiger partial charge in [-0.25, -0.2) is 0 Å². The van der Waals surface area contributed by atoms with E-state index in [2.05, 4.69) is 5.32 Å². The SMILES string of the molecule is CC(=O)N1CCN(C(=O)c2ccc3c(c2)NC(=O)CCS3)CC1. The van der Waals surface area contributed by atoms with Crippen molar-refractivity contribution in [1.82, 2.24) is 9.80 Å². The van der Waals surface area contributed by atoms with Crippen molar-refractivity contribution in [2.75, 3.05) is 37.2 Å². The van der Waals surface area contributed by atoms with E-state index in [0.717, 1.165) is 10.6 Å². The monoisotopic (exact) mass is 333 g/mol. The summed E-state index contributed by atoms with van der Waals surface area (Å²) in [5.41, 5.74) is 1.29. The van der Waals surface area contributed by atoms with Gasteiger partial charge < -0.3 is 15.1 Å². The van der Waals surface area contributed by atoms with Crippen LogP contribution in [0.25, 0.3) is 0 Å². The van der Waals surface area contributed by atoms with E-state index in [9.17, 15) is 14.4 Å². The molecule has 2 heterocycles. The lowest BCUT2D eigenvalue weighted by Gasteiger charge is -2.34. The molecule has 2 aliphatic heterocycles. The number of hydrogen-bond donors (Lipinski definition) is 1. The maximum absolute atomic E-state index is 12.6.